The first-order valence-electron chi connectivity index (χ1n) is 7.98. The van der Waals surface area contributed by atoms with Gasteiger partial charge in [0.05, 0.1) is 4.90 Å². The Morgan fingerprint density at radius 2 is 1.75 bits per heavy atom. The number of carbonyl (C=O) groups is 1. The number of amides is 1. The van der Waals surface area contributed by atoms with E-state index < -0.39 is 39.8 Å². The Kier molecular flexibility index (Phi) is 6.30. The number of alkyl halides is 3. The van der Waals surface area contributed by atoms with Crippen LogP contribution >= 0.6 is 0 Å². The average Bonchev–Trinajstić information content (AvgIpc) is 2.61. The Morgan fingerprint density at radius 3 is 2.29 bits per heavy atom. The van der Waals surface area contributed by atoms with Gasteiger partial charge in [0, 0.05) is 26.8 Å². The summed E-state index contributed by atoms with van der Waals surface area (Å²) in [6.07, 6.45) is -3.71. The molecule has 0 fully saturated rings. The zero-order chi connectivity index (χ0) is 21.1. The van der Waals surface area contributed by atoms with Crippen LogP contribution in [-0.4, -0.2) is 37.3 Å². The molecule has 0 aliphatic heterocycles. The van der Waals surface area contributed by atoms with E-state index in [1.54, 1.807) is 0 Å². The highest BCUT2D eigenvalue weighted by molar-refractivity contribution is 7.89. The number of rotatable bonds is 6. The fourth-order valence-electron chi connectivity index (χ4n) is 2.28. The van der Waals surface area contributed by atoms with Gasteiger partial charge in [0.25, 0.3) is 5.56 Å². The minimum Gasteiger partial charge on any atom is -0.350 e. The molecule has 0 saturated heterocycles. The van der Waals surface area contributed by atoms with Crippen LogP contribution in [0.2, 0.25) is 0 Å². The lowest BCUT2D eigenvalue weighted by atomic mass is 10.2. The summed E-state index contributed by atoms with van der Waals surface area (Å²) < 4.78 is 63.9. The molecule has 1 amide bonds. The van der Waals surface area contributed by atoms with Crippen molar-refractivity contribution < 1.29 is 26.4 Å². The van der Waals surface area contributed by atoms with Crippen LogP contribution in [0.1, 0.15) is 11.1 Å². The zero-order valence-electron chi connectivity index (χ0n) is 15.0. The molecule has 152 valence electrons. The van der Waals surface area contributed by atoms with E-state index in [1.807, 2.05) is 0 Å². The molecule has 0 bridgehead atoms. The minimum absolute atomic E-state index is 0.0227. The van der Waals surface area contributed by atoms with E-state index in [0.29, 0.717) is 16.2 Å². The normalized spacial score (nSPS) is 12.2. The molecule has 11 heteroatoms. The van der Waals surface area contributed by atoms with Crippen molar-refractivity contribution in [3.05, 3.63) is 64.1 Å². The molecule has 1 aromatic carbocycles. The summed E-state index contributed by atoms with van der Waals surface area (Å²) in [4.78, 5) is 23.9. The number of aromatic nitrogens is 1. The molecule has 7 nitrogen and oxygen atoms in total. The zero-order valence-corrected chi connectivity index (χ0v) is 15.8. The van der Waals surface area contributed by atoms with Crippen LogP contribution in [0.4, 0.5) is 13.2 Å². The van der Waals surface area contributed by atoms with Crippen LogP contribution in [0.3, 0.4) is 0 Å². The van der Waals surface area contributed by atoms with E-state index in [9.17, 15) is 31.2 Å². The highest BCUT2D eigenvalue weighted by Gasteiger charge is 2.34. The Morgan fingerprint density at radius 1 is 1.14 bits per heavy atom. The highest BCUT2D eigenvalue weighted by Crippen LogP contribution is 2.25. The van der Waals surface area contributed by atoms with Crippen molar-refractivity contribution in [3.63, 3.8) is 0 Å². The number of hydrogen-bond acceptors (Lipinski definition) is 4. The van der Waals surface area contributed by atoms with Crippen molar-refractivity contribution in [1.29, 1.82) is 0 Å². The Balaban J connectivity index is 2.03. The number of carbonyl (C=O) groups excluding carboxylic acids is 1. The molecule has 1 heterocycles. The van der Waals surface area contributed by atoms with Crippen molar-refractivity contribution in [2.45, 2.75) is 24.2 Å². The van der Waals surface area contributed by atoms with E-state index >= 15 is 0 Å². The van der Waals surface area contributed by atoms with Crippen LogP contribution in [0.25, 0.3) is 0 Å². The number of nitrogens with one attached hydrogen (secondary N) is 1. The SMILES string of the molecule is CN(C)S(=O)(=O)c1ccc(CNC(=O)Cn2cccc(C(F)(F)F)c2=O)cc1. The van der Waals surface area contributed by atoms with Crippen molar-refractivity contribution in [3.8, 4) is 0 Å². The van der Waals surface area contributed by atoms with Gasteiger partial charge < -0.3 is 9.88 Å². The van der Waals surface area contributed by atoms with Gasteiger partial charge in [-0.05, 0) is 29.8 Å². The number of sulfonamides is 1. The maximum absolute atomic E-state index is 12.7. The molecule has 2 rings (SSSR count). The summed E-state index contributed by atoms with van der Waals surface area (Å²) in [7, 11) is -0.767. The van der Waals surface area contributed by atoms with Gasteiger partial charge in [0.2, 0.25) is 15.9 Å². The fraction of sp³-hybridized carbons (Fsp3) is 0.294. The van der Waals surface area contributed by atoms with Gasteiger partial charge in [-0.1, -0.05) is 12.1 Å². The number of hydrogen-bond donors (Lipinski definition) is 1. The molecule has 28 heavy (non-hydrogen) atoms. The summed E-state index contributed by atoms with van der Waals surface area (Å²) >= 11 is 0. The summed E-state index contributed by atoms with van der Waals surface area (Å²) in [6.45, 7) is -0.551. The summed E-state index contributed by atoms with van der Waals surface area (Å²) in [5, 5.41) is 2.47. The number of pyridine rings is 1. The van der Waals surface area contributed by atoms with E-state index in [2.05, 4.69) is 5.32 Å². The summed E-state index contributed by atoms with van der Waals surface area (Å²) in [5.41, 5.74) is -2.06. The van der Waals surface area contributed by atoms with Gasteiger partial charge in [0.1, 0.15) is 12.1 Å². The van der Waals surface area contributed by atoms with Crippen molar-refractivity contribution >= 4 is 15.9 Å². The predicted octanol–water partition coefficient (Wildman–Crippen LogP) is 1.43. The third-order valence-corrected chi connectivity index (χ3v) is 5.66. The maximum Gasteiger partial charge on any atom is 0.421 e. The third-order valence-electron chi connectivity index (χ3n) is 3.83. The number of halogens is 3. The van der Waals surface area contributed by atoms with Gasteiger partial charge >= 0.3 is 6.18 Å². The molecular formula is C17H18F3N3O4S. The van der Waals surface area contributed by atoms with Crippen molar-refractivity contribution in [1.82, 2.24) is 14.2 Å². The first kappa shape index (κ1) is 21.6. The molecule has 0 spiro atoms. The topological polar surface area (TPSA) is 88.5 Å². The van der Waals surface area contributed by atoms with Crippen LogP contribution < -0.4 is 10.9 Å². The first-order chi connectivity index (χ1) is 12.9. The molecule has 0 atom stereocenters. The van der Waals surface area contributed by atoms with Gasteiger partial charge in [0.15, 0.2) is 0 Å². The number of benzene rings is 1. The van der Waals surface area contributed by atoms with Gasteiger partial charge in [-0.2, -0.15) is 13.2 Å². The highest BCUT2D eigenvalue weighted by atomic mass is 32.2. The number of nitrogens with zero attached hydrogens (tertiary/aromatic N) is 2. The average molecular weight is 417 g/mol. The largest absolute Gasteiger partial charge is 0.421 e. The van der Waals surface area contributed by atoms with Gasteiger partial charge in [-0.3, -0.25) is 9.59 Å². The molecule has 1 N–H and O–H groups in total. The summed E-state index contributed by atoms with van der Waals surface area (Å²) in [5.74, 6) is -0.661. The van der Waals surface area contributed by atoms with Crippen molar-refractivity contribution in [2.75, 3.05) is 14.1 Å². The Bertz CT molecular complexity index is 1010. The Hall–Kier alpha value is -2.66. The van der Waals surface area contributed by atoms with Crippen LogP contribution in [0.5, 0.6) is 0 Å². The molecule has 2 aromatic rings. The molecular weight excluding hydrogens is 399 g/mol. The lowest BCUT2D eigenvalue weighted by molar-refractivity contribution is -0.139. The summed E-state index contributed by atoms with van der Waals surface area (Å²) in [6, 6.07) is 7.48. The predicted molar refractivity (Wildman–Crippen MR) is 94.9 cm³/mol. The minimum atomic E-state index is -4.80. The maximum atomic E-state index is 12.7. The van der Waals surface area contributed by atoms with E-state index in [0.717, 1.165) is 16.6 Å². The van der Waals surface area contributed by atoms with Crippen LogP contribution in [-0.2, 0) is 34.1 Å². The monoisotopic (exact) mass is 417 g/mol. The van der Waals surface area contributed by atoms with Crippen LogP contribution in [0.15, 0.2) is 52.3 Å². The third kappa shape index (κ3) is 4.98. The molecule has 1 aromatic heterocycles. The van der Waals surface area contributed by atoms with Crippen LogP contribution in [0, 0.1) is 0 Å². The molecule has 0 saturated carbocycles. The second kappa shape index (κ2) is 8.15. The standard InChI is InChI=1S/C17H18F3N3O4S/c1-22(2)28(26,27)13-7-5-12(6-8-13)10-21-15(24)11-23-9-3-4-14(16(23)25)17(18,19)20/h3-9H,10-11H2,1-2H3,(H,21,24). The molecule has 0 radical (unpaired) electrons. The van der Waals surface area contributed by atoms with Gasteiger partial charge in [-0.15, -0.1) is 0 Å². The smallest absolute Gasteiger partial charge is 0.350 e. The second-order valence-electron chi connectivity index (χ2n) is 6.06. The first-order valence-corrected chi connectivity index (χ1v) is 9.42. The molecule has 0 aliphatic rings. The Labute approximate surface area is 159 Å². The quantitative estimate of drug-likeness (QED) is 0.770. The second-order valence-corrected chi connectivity index (χ2v) is 8.21. The molecule has 0 unspecified atom stereocenters. The fourth-order valence-corrected chi connectivity index (χ4v) is 3.18. The lowest BCUT2D eigenvalue weighted by Crippen LogP contribution is -2.34. The van der Waals surface area contributed by atoms with E-state index in [4.69, 9.17) is 0 Å². The lowest BCUT2D eigenvalue weighted by Gasteiger charge is -2.12. The van der Waals surface area contributed by atoms with E-state index in [1.165, 1.54) is 38.4 Å². The van der Waals surface area contributed by atoms with E-state index in [-0.39, 0.29) is 11.4 Å². The van der Waals surface area contributed by atoms with Gasteiger partial charge in [-0.25, -0.2) is 12.7 Å². The molecule has 0 aliphatic carbocycles. The van der Waals surface area contributed by atoms with Crippen molar-refractivity contribution in [2.24, 2.45) is 0 Å².